The van der Waals surface area contributed by atoms with E-state index in [9.17, 15) is 0 Å². The lowest BCUT2D eigenvalue weighted by atomic mass is 10.4. The van der Waals surface area contributed by atoms with E-state index in [1.165, 1.54) is 11.8 Å². The SMILES string of the molecule is CSc1nc(C)cc2nnnn12. The number of tetrazole rings is 1. The molecule has 0 spiro atoms. The molecule has 2 heterocycles. The molecular weight excluding hydrogens is 174 g/mol. The van der Waals surface area contributed by atoms with E-state index >= 15 is 0 Å². The molecule has 0 aliphatic heterocycles. The Labute approximate surface area is 73.2 Å². The van der Waals surface area contributed by atoms with Crippen LogP contribution in [0.3, 0.4) is 0 Å². The number of aromatic nitrogens is 5. The highest BCUT2D eigenvalue weighted by molar-refractivity contribution is 7.98. The van der Waals surface area contributed by atoms with Gasteiger partial charge in [-0.15, -0.1) is 5.10 Å². The van der Waals surface area contributed by atoms with Crippen molar-refractivity contribution in [3.8, 4) is 0 Å². The van der Waals surface area contributed by atoms with Gasteiger partial charge in [0.1, 0.15) is 0 Å². The lowest BCUT2D eigenvalue weighted by Gasteiger charge is -1.98. The highest BCUT2D eigenvalue weighted by atomic mass is 32.2. The minimum absolute atomic E-state index is 0.742. The molecule has 2 aromatic heterocycles. The zero-order valence-corrected chi connectivity index (χ0v) is 7.54. The number of fused-ring (bicyclic) bond motifs is 1. The van der Waals surface area contributed by atoms with Gasteiger partial charge in [-0.05, 0) is 23.6 Å². The second-order valence-electron chi connectivity index (χ2n) is 2.33. The fourth-order valence-corrected chi connectivity index (χ4v) is 1.51. The normalized spacial score (nSPS) is 10.8. The van der Waals surface area contributed by atoms with E-state index in [-0.39, 0.29) is 0 Å². The lowest BCUT2D eigenvalue weighted by Crippen LogP contribution is -1.97. The summed E-state index contributed by atoms with van der Waals surface area (Å²) < 4.78 is 1.62. The fourth-order valence-electron chi connectivity index (χ4n) is 0.970. The van der Waals surface area contributed by atoms with Crippen LogP contribution in [0.2, 0.25) is 0 Å². The van der Waals surface area contributed by atoms with E-state index in [2.05, 4.69) is 20.5 Å². The second-order valence-corrected chi connectivity index (χ2v) is 3.11. The Morgan fingerprint density at radius 2 is 2.33 bits per heavy atom. The molecule has 0 saturated carbocycles. The molecule has 0 radical (unpaired) electrons. The summed E-state index contributed by atoms with van der Waals surface area (Å²) in [6.07, 6.45) is 1.95. The Kier molecular flexibility index (Phi) is 1.69. The molecule has 5 nitrogen and oxygen atoms in total. The van der Waals surface area contributed by atoms with Crippen molar-refractivity contribution >= 4 is 17.4 Å². The smallest absolute Gasteiger partial charge is 0.192 e. The van der Waals surface area contributed by atoms with E-state index < -0.39 is 0 Å². The molecule has 0 unspecified atom stereocenters. The van der Waals surface area contributed by atoms with Crippen LogP contribution in [0.4, 0.5) is 0 Å². The van der Waals surface area contributed by atoms with E-state index in [0.717, 1.165) is 16.5 Å². The molecule has 0 atom stereocenters. The van der Waals surface area contributed by atoms with Gasteiger partial charge in [0.2, 0.25) is 0 Å². The molecule has 0 bridgehead atoms. The van der Waals surface area contributed by atoms with Crippen molar-refractivity contribution in [2.24, 2.45) is 0 Å². The summed E-state index contributed by atoms with van der Waals surface area (Å²) in [4.78, 5) is 4.28. The first-order chi connectivity index (χ1) is 5.81. The molecule has 0 fully saturated rings. The molecule has 6 heteroatoms. The molecule has 0 saturated heterocycles. The second kappa shape index (κ2) is 2.71. The van der Waals surface area contributed by atoms with Gasteiger partial charge >= 0.3 is 0 Å². The Balaban J connectivity index is 2.80. The first-order valence-electron chi connectivity index (χ1n) is 3.41. The van der Waals surface area contributed by atoms with Crippen LogP contribution in [0.5, 0.6) is 0 Å². The van der Waals surface area contributed by atoms with Crippen LogP contribution < -0.4 is 0 Å². The maximum absolute atomic E-state index is 4.28. The summed E-state index contributed by atoms with van der Waals surface area (Å²) in [6, 6.07) is 1.85. The van der Waals surface area contributed by atoms with Gasteiger partial charge in [0, 0.05) is 11.8 Å². The summed E-state index contributed by atoms with van der Waals surface area (Å²) in [5, 5.41) is 12.0. The molecule has 2 rings (SSSR count). The molecule has 0 aliphatic carbocycles. The number of aryl methyl sites for hydroxylation is 1. The van der Waals surface area contributed by atoms with Crippen molar-refractivity contribution in [2.75, 3.05) is 6.26 Å². The average Bonchev–Trinajstić information content (AvgIpc) is 2.50. The Bertz CT molecular complexity index is 409. The Morgan fingerprint density at radius 3 is 3.08 bits per heavy atom. The van der Waals surface area contributed by atoms with Gasteiger partial charge in [0.25, 0.3) is 0 Å². The minimum Gasteiger partial charge on any atom is -0.228 e. The van der Waals surface area contributed by atoms with Crippen molar-refractivity contribution in [3.05, 3.63) is 11.8 Å². The van der Waals surface area contributed by atoms with Crippen LogP contribution in [0, 0.1) is 6.92 Å². The number of rotatable bonds is 1. The van der Waals surface area contributed by atoms with Crippen molar-refractivity contribution in [1.82, 2.24) is 25.0 Å². The third kappa shape index (κ3) is 1.04. The number of thioether (sulfide) groups is 1. The monoisotopic (exact) mass is 181 g/mol. The molecule has 0 aliphatic rings. The number of hydrogen-bond acceptors (Lipinski definition) is 5. The van der Waals surface area contributed by atoms with Gasteiger partial charge in [-0.1, -0.05) is 11.8 Å². The van der Waals surface area contributed by atoms with Crippen molar-refractivity contribution in [1.29, 1.82) is 0 Å². The average molecular weight is 181 g/mol. The maximum Gasteiger partial charge on any atom is 0.192 e. The molecular formula is C6H7N5S. The maximum atomic E-state index is 4.28. The summed E-state index contributed by atoms with van der Waals surface area (Å²) in [7, 11) is 0. The standard InChI is InChI=1S/C6H7N5S/c1-4-3-5-8-9-10-11(5)6(7-4)12-2/h3H,1-2H3. The zero-order chi connectivity index (χ0) is 8.55. The summed E-state index contributed by atoms with van der Waals surface area (Å²) >= 11 is 1.53. The van der Waals surface area contributed by atoms with Gasteiger partial charge in [0.15, 0.2) is 10.8 Å². The van der Waals surface area contributed by atoms with E-state index in [1.807, 2.05) is 19.2 Å². The van der Waals surface area contributed by atoms with E-state index in [1.54, 1.807) is 4.52 Å². The molecule has 0 N–H and O–H groups in total. The largest absolute Gasteiger partial charge is 0.228 e. The van der Waals surface area contributed by atoms with Crippen LogP contribution in [-0.4, -0.2) is 31.3 Å². The molecule has 0 aromatic carbocycles. The Hall–Kier alpha value is -1.17. The van der Waals surface area contributed by atoms with Crippen LogP contribution in [0.1, 0.15) is 5.69 Å². The number of nitrogens with zero attached hydrogens (tertiary/aromatic N) is 5. The van der Waals surface area contributed by atoms with Crippen LogP contribution in [0.25, 0.3) is 5.65 Å². The predicted octanol–water partition coefficient (Wildman–Crippen LogP) is 0.550. The fraction of sp³-hybridized carbons (Fsp3) is 0.333. The van der Waals surface area contributed by atoms with Crippen molar-refractivity contribution < 1.29 is 0 Å². The summed E-state index contributed by atoms with van der Waals surface area (Å²) in [5.74, 6) is 0. The first kappa shape index (κ1) is 7.48. The molecule has 2 aromatic rings. The Morgan fingerprint density at radius 1 is 1.50 bits per heavy atom. The van der Waals surface area contributed by atoms with Gasteiger partial charge in [-0.3, -0.25) is 0 Å². The van der Waals surface area contributed by atoms with Crippen LogP contribution in [0.15, 0.2) is 11.2 Å². The topological polar surface area (TPSA) is 56.0 Å². The van der Waals surface area contributed by atoms with Crippen molar-refractivity contribution in [2.45, 2.75) is 12.1 Å². The minimum atomic E-state index is 0.742. The predicted molar refractivity (Wildman–Crippen MR) is 45.1 cm³/mol. The number of hydrogen-bond donors (Lipinski definition) is 0. The van der Waals surface area contributed by atoms with Crippen LogP contribution >= 0.6 is 11.8 Å². The molecule has 12 heavy (non-hydrogen) atoms. The summed E-state index contributed by atoms with van der Waals surface area (Å²) in [6.45, 7) is 1.92. The third-order valence-corrected chi connectivity index (χ3v) is 2.10. The molecule has 62 valence electrons. The highest BCUT2D eigenvalue weighted by Gasteiger charge is 2.04. The van der Waals surface area contributed by atoms with Gasteiger partial charge < -0.3 is 0 Å². The van der Waals surface area contributed by atoms with E-state index in [4.69, 9.17) is 0 Å². The van der Waals surface area contributed by atoms with Crippen molar-refractivity contribution in [3.63, 3.8) is 0 Å². The third-order valence-electron chi connectivity index (χ3n) is 1.47. The first-order valence-corrected chi connectivity index (χ1v) is 4.63. The lowest BCUT2D eigenvalue weighted by molar-refractivity contribution is 0.730. The van der Waals surface area contributed by atoms with Crippen LogP contribution in [-0.2, 0) is 0 Å². The molecule has 0 amide bonds. The summed E-state index contributed by atoms with van der Waals surface area (Å²) in [5.41, 5.74) is 1.67. The van der Waals surface area contributed by atoms with Gasteiger partial charge in [-0.25, -0.2) is 4.98 Å². The highest BCUT2D eigenvalue weighted by Crippen LogP contribution is 2.12. The quantitative estimate of drug-likeness (QED) is 0.475. The van der Waals surface area contributed by atoms with Gasteiger partial charge in [0.05, 0.1) is 0 Å². The van der Waals surface area contributed by atoms with E-state index in [0.29, 0.717) is 0 Å². The van der Waals surface area contributed by atoms with Gasteiger partial charge in [-0.2, -0.15) is 4.52 Å². The zero-order valence-electron chi connectivity index (χ0n) is 6.72.